The summed E-state index contributed by atoms with van der Waals surface area (Å²) in [5.41, 5.74) is 0. The Kier molecular flexibility index (Phi) is 11.6. The van der Waals surface area contributed by atoms with Gasteiger partial charge in [-0.1, -0.05) is 39.8 Å². The number of nitrogens with zero attached hydrogens (tertiary/aromatic N) is 1. The first-order chi connectivity index (χ1) is 12.7. The molecule has 0 aliphatic carbocycles. The third kappa shape index (κ3) is 6.34. The van der Waals surface area contributed by atoms with Crippen LogP contribution in [-0.2, 0) is 14.4 Å². The molecular weight excluding hydrogens is 350 g/mol. The van der Waals surface area contributed by atoms with Crippen LogP contribution in [0.1, 0.15) is 72.6 Å². The maximum absolute atomic E-state index is 12.0. The van der Waals surface area contributed by atoms with Crippen LogP contribution in [0.5, 0.6) is 0 Å². The van der Waals surface area contributed by atoms with Crippen LogP contribution in [0.4, 0.5) is 0 Å². The molecule has 0 bridgehead atoms. The molecule has 0 fully saturated rings. The van der Waals surface area contributed by atoms with Gasteiger partial charge in [-0.15, -0.1) is 0 Å². The molecule has 0 saturated carbocycles. The normalized spacial score (nSPS) is 17.2. The molecule has 0 aromatic heterocycles. The average molecular weight is 386 g/mol. The van der Waals surface area contributed by atoms with Gasteiger partial charge in [-0.3, -0.25) is 4.48 Å². The molecule has 0 rings (SSSR count). The minimum Gasteiger partial charge on any atom is -0.544 e. The molecule has 27 heavy (non-hydrogen) atoms. The number of carbonyl (C=O) groups is 3. The summed E-state index contributed by atoms with van der Waals surface area (Å²) in [7, 11) is 0. The summed E-state index contributed by atoms with van der Waals surface area (Å²) < 4.78 is -0.492. The highest BCUT2D eigenvalue weighted by Gasteiger charge is 2.53. The van der Waals surface area contributed by atoms with E-state index in [9.17, 15) is 29.7 Å². The molecule has 3 atom stereocenters. The first-order valence-electron chi connectivity index (χ1n) is 9.92. The van der Waals surface area contributed by atoms with Gasteiger partial charge < -0.3 is 20.1 Å². The lowest BCUT2D eigenvalue weighted by Crippen LogP contribution is -2.73. The van der Waals surface area contributed by atoms with Crippen molar-refractivity contribution < 1.29 is 34.2 Å². The first kappa shape index (κ1) is 25.1. The molecule has 0 radical (unpaired) electrons. The number of carboxylic acid groups (broad SMARTS) is 3. The molecule has 2 N–H and O–H groups in total. The van der Waals surface area contributed by atoms with Crippen LogP contribution < -0.4 is 5.11 Å². The Morgan fingerprint density at radius 3 is 1.67 bits per heavy atom. The number of aliphatic carboxylic acids is 3. The van der Waals surface area contributed by atoms with Crippen molar-refractivity contribution in [2.75, 3.05) is 6.54 Å². The average Bonchev–Trinajstić information content (AvgIpc) is 2.58. The summed E-state index contributed by atoms with van der Waals surface area (Å²) in [6.45, 7) is 7.17. The molecule has 156 valence electrons. The van der Waals surface area contributed by atoms with Crippen molar-refractivity contribution in [3.63, 3.8) is 0 Å². The number of rotatable bonds is 15. The monoisotopic (exact) mass is 385 g/mol. The van der Waals surface area contributed by atoms with Crippen molar-refractivity contribution in [2.45, 2.75) is 90.8 Å². The van der Waals surface area contributed by atoms with Crippen molar-refractivity contribution >= 4 is 17.9 Å². The van der Waals surface area contributed by atoms with E-state index in [4.69, 9.17) is 0 Å². The standard InChI is InChI=1S/C20H35NO6/c1-5-9-10-11-12-13-14-21(15(6-2)18(22)23,16(7-3)19(24)25)17(8-4)20(26)27/h9-10,15-17H,5-8,11-14H2,1-4H3,(H2-,22,23,24,25,26,27)/b10-9+. The maximum Gasteiger partial charge on any atom is 0.362 e. The minimum atomic E-state index is -1.39. The van der Waals surface area contributed by atoms with Crippen molar-refractivity contribution in [1.82, 2.24) is 0 Å². The van der Waals surface area contributed by atoms with E-state index in [0.717, 1.165) is 19.3 Å². The van der Waals surface area contributed by atoms with Crippen LogP contribution in [0.25, 0.3) is 0 Å². The van der Waals surface area contributed by atoms with Crippen molar-refractivity contribution in [1.29, 1.82) is 0 Å². The molecule has 0 amide bonds. The molecule has 0 aliphatic heterocycles. The quantitative estimate of drug-likeness (QED) is 0.254. The van der Waals surface area contributed by atoms with E-state index in [-0.39, 0.29) is 25.8 Å². The fourth-order valence-corrected chi connectivity index (χ4v) is 4.19. The molecule has 0 heterocycles. The lowest BCUT2D eigenvalue weighted by Gasteiger charge is -2.51. The van der Waals surface area contributed by atoms with Crippen LogP contribution in [-0.4, -0.2) is 57.3 Å². The van der Waals surface area contributed by atoms with Gasteiger partial charge >= 0.3 is 11.9 Å². The smallest absolute Gasteiger partial charge is 0.362 e. The van der Waals surface area contributed by atoms with E-state index in [1.54, 1.807) is 20.8 Å². The molecule has 0 aromatic carbocycles. The van der Waals surface area contributed by atoms with Gasteiger partial charge in [0.1, 0.15) is 6.04 Å². The Bertz CT molecular complexity index is 462. The summed E-state index contributed by atoms with van der Waals surface area (Å²) in [5, 5.41) is 31.5. The number of allylic oxidation sites excluding steroid dienone is 2. The second-order valence-corrected chi connectivity index (χ2v) is 6.86. The Morgan fingerprint density at radius 2 is 1.33 bits per heavy atom. The molecule has 0 aromatic rings. The molecule has 7 heteroatoms. The van der Waals surface area contributed by atoms with Gasteiger partial charge in [0, 0.05) is 19.3 Å². The largest absolute Gasteiger partial charge is 0.544 e. The van der Waals surface area contributed by atoms with E-state index < -0.39 is 40.5 Å². The Labute approximate surface area is 162 Å². The first-order valence-corrected chi connectivity index (χ1v) is 9.92. The van der Waals surface area contributed by atoms with Crippen molar-refractivity contribution in [3.05, 3.63) is 12.2 Å². The van der Waals surface area contributed by atoms with Crippen LogP contribution >= 0.6 is 0 Å². The Hall–Kier alpha value is -1.89. The second-order valence-electron chi connectivity index (χ2n) is 6.86. The highest BCUT2D eigenvalue weighted by molar-refractivity contribution is 5.77. The molecule has 7 nitrogen and oxygen atoms in total. The minimum absolute atomic E-state index is 0.117. The predicted octanol–water partition coefficient (Wildman–Crippen LogP) is 2.19. The molecule has 0 spiro atoms. The third-order valence-corrected chi connectivity index (χ3v) is 5.31. The summed E-state index contributed by atoms with van der Waals surface area (Å²) in [4.78, 5) is 35.9. The van der Waals surface area contributed by atoms with Crippen LogP contribution in [0, 0.1) is 0 Å². The number of carboxylic acids is 3. The lowest BCUT2D eigenvalue weighted by atomic mass is 9.94. The number of unbranched alkanes of at least 4 members (excludes halogenated alkanes) is 2. The fraction of sp³-hybridized carbons (Fsp3) is 0.750. The van der Waals surface area contributed by atoms with Crippen LogP contribution in [0.15, 0.2) is 12.2 Å². The van der Waals surface area contributed by atoms with E-state index in [2.05, 4.69) is 0 Å². The van der Waals surface area contributed by atoms with E-state index >= 15 is 0 Å². The molecule has 3 unspecified atom stereocenters. The third-order valence-electron chi connectivity index (χ3n) is 5.31. The van der Waals surface area contributed by atoms with Crippen molar-refractivity contribution in [3.8, 4) is 0 Å². The molecule has 0 saturated heterocycles. The fourth-order valence-electron chi connectivity index (χ4n) is 4.19. The molecular formula is C20H35NO6. The lowest BCUT2D eigenvalue weighted by molar-refractivity contribution is -0.974. The van der Waals surface area contributed by atoms with Gasteiger partial charge in [0.05, 0.1) is 12.5 Å². The van der Waals surface area contributed by atoms with Crippen molar-refractivity contribution in [2.24, 2.45) is 0 Å². The zero-order valence-corrected chi connectivity index (χ0v) is 17.0. The number of carbonyl (C=O) groups excluding carboxylic acids is 1. The summed E-state index contributed by atoms with van der Waals surface area (Å²) >= 11 is 0. The highest BCUT2D eigenvalue weighted by Crippen LogP contribution is 2.32. The van der Waals surface area contributed by atoms with Gasteiger partial charge in [-0.05, 0) is 25.7 Å². The van der Waals surface area contributed by atoms with E-state index in [0.29, 0.717) is 6.42 Å². The van der Waals surface area contributed by atoms with Gasteiger partial charge in [0.2, 0.25) is 0 Å². The van der Waals surface area contributed by atoms with Gasteiger partial charge in [-0.25, -0.2) is 9.59 Å². The number of hydrogen-bond acceptors (Lipinski definition) is 4. The topological polar surface area (TPSA) is 115 Å². The SMILES string of the molecule is CC/C=C/CCCC[N+](C(CC)C(=O)[O-])(C(CC)C(=O)O)C(CC)C(=O)O. The summed E-state index contributed by atoms with van der Waals surface area (Å²) in [6, 6.07) is -3.40. The van der Waals surface area contributed by atoms with Crippen LogP contribution in [0.3, 0.4) is 0 Å². The van der Waals surface area contributed by atoms with Gasteiger partial charge in [0.15, 0.2) is 12.1 Å². The van der Waals surface area contributed by atoms with Gasteiger partial charge in [-0.2, -0.15) is 0 Å². The highest BCUT2D eigenvalue weighted by atomic mass is 16.4. The Balaban J connectivity index is 6.13. The van der Waals surface area contributed by atoms with E-state index in [1.165, 1.54) is 0 Å². The zero-order chi connectivity index (χ0) is 21.0. The summed E-state index contributed by atoms with van der Waals surface area (Å²) in [6.07, 6.45) is 7.50. The zero-order valence-electron chi connectivity index (χ0n) is 17.0. The maximum atomic E-state index is 12.0. The Morgan fingerprint density at radius 1 is 0.852 bits per heavy atom. The van der Waals surface area contributed by atoms with Gasteiger partial charge in [0.25, 0.3) is 0 Å². The predicted molar refractivity (Wildman–Crippen MR) is 101 cm³/mol. The number of quaternary nitrogens is 1. The summed E-state index contributed by atoms with van der Waals surface area (Å²) in [5.74, 6) is -3.71. The van der Waals surface area contributed by atoms with E-state index in [1.807, 2.05) is 19.1 Å². The second kappa shape index (κ2) is 12.5. The number of hydrogen-bond donors (Lipinski definition) is 2. The molecule has 0 aliphatic rings. The van der Waals surface area contributed by atoms with Crippen LogP contribution in [0.2, 0.25) is 0 Å².